The molecule has 2 fully saturated rings. The minimum Gasteiger partial charge on any atom is -0.344 e. The highest BCUT2D eigenvalue weighted by Crippen LogP contribution is 2.26. The Kier molecular flexibility index (Phi) is 4.96. The van der Waals surface area contributed by atoms with Crippen molar-refractivity contribution in [1.29, 1.82) is 0 Å². The first-order valence-corrected chi connectivity index (χ1v) is 8.55. The van der Waals surface area contributed by atoms with Crippen LogP contribution in [0.5, 0.6) is 0 Å². The fourth-order valence-corrected chi connectivity index (χ4v) is 3.65. The molecule has 0 aromatic heterocycles. The van der Waals surface area contributed by atoms with Gasteiger partial charge in [0.25, 0.3) is 0 Å². The molecule has 0 unspecified atom stereocenters. The smallest absolute Gasteiger partial charge is 0.313 e. The third kappa shape index (κ3) is 3.91. The zero-order chi connectivity index (χ0) is 16.2. The number of anilines is 1. The van der Waals surface area contributed by atoms with Crippen LogP contribution < -0.4 is 10.6 Å². The molecule has 1 heterocycles. The highest BCUT2D eigenvalue weighted by Gasteiger charge is 2.31. The van der Waals surface area contributed by atoms with E-state index in [1.165, 1.54) is 25.7 Å². The van der Waals surface area contributed by atoms with E-state index in [0.717, 1.165) is 25.1 Å². The number of benzene rings is 1. The van der Waals surface area contributed by atoms with Gasteiger partial charge in [0.1, 0.15) is 0 Å². The summed E-state index contributed by atoms with van der Waals surface area (Å²) in [6, 6.07) is 8.23. The molecule has 0 spiro atoms. The average Bonchev–Trinajstić information content (AvgIpc) is 3.20. The molecule has 23 heavy (non-hydrogen) atoms. The van der Waals surface area contributed by atoms with Crippen LogP contribution in [0.15, 0.2) is 24.3 Å². The second-order valence-corrected chi connectivity index (χ2v) is 6.66. The Morgan fingerprint density at radius 2 is 1.83 bits per heavy atom. The van der Waals surface area contributed by atoms with Crippen molar-refractivity contribution < 1.29 is 9.59 Å². The predicted molar refractivity (Wildman–Crippen MR) is 90.2 cm³/mol. The Labute approximate surface area is 137 Å². The van der Waals surface area contributed by atoms with Crippen LogP contribution in [0.1, 0.15) is 37.7 Å². The number of aryl methyl sites for hydroxylation is 1. The monoisotopic (exact) mass is 315 g/mol. The normalized spacial score (nSPS) is 22.2. The molecule has 1 aliphatic heterocycles. The largest absolute Gasteiger partial charge is 0.344 e. The summed E-state index contributed by atoms with van der Waals surface area (Å²) < 4.78 is 0. The Bertz CT molecular complexity index is 581. The highest BCUT2D eigenvalue weighted by molar-refractivity contribution is 6.39. The summed E-state index contributed by atoms with van der Waals surface area (Å²) in [6.07, 6.45) is 6.11. The molecule has 1 atom stereocenters. The van der Waals surface area contributed by atoms with Crippen molar-refractivity contribution in [2.45, 2.75) is 51.1 Å². The number of amides is 2. The van der Waals surface area contributed by atoms with E-state index in [1.807, 2.05) is 25.1 Å². The Hall–Kier alpha value is -1.88. The number of likely N-dealkylation sites (tertiary alicyclic amines) is 1. The lowest BCUT2D eigenvalue weighted by Gasteiger charge is -2.23. The zero-order valence-electron chi connectivity index (χ0n) is 13.7. The average molecular weight is 315 g/mol. The minimum atomic E-state index is -0.585. The SMILES string of the molecule is Cc1ccccc1NC(=O)C(=O)N[C@@H]1CCN(C2CCCC2)C1. The van der Waals surface area contributed by atoms with Gasteiger partial charge in [0, 0.05) is 30.9 Å². The topological polar surface area (TPSA) is 61.4 Å². The number of hydrogen-bond acceptors (Lipinski definition) is 3. The molecule has 1 aromatic rings. The first kappa shape index (κ1) is 16.0. The van der Waals surface area contributed by atoms with Gasteiger partial charge in [-0.3, -0.25) is 14.5 Å². The summed E-state index contributed by atoms with van der Waals surface area (Å²) in [5.41, 5.74) is 1.63. The van der Waals surface area contributed by atoms with Gasteiger partial charge >= 0.3 is 11.8 Å². The van der Waals surface area contributed by atoms with E-state index >= 15 is 0 Å². The van der Waals surface area contributed by atoms with E-state index in [1.54, 1.807) is 6.07 Å². The van der Waals surface area contributed by atoms with Crippen molar-refractivity contribution in [3.8, 4) is 0 Å². The lowest BCUT2D eigenvalue weighted by molar-refractivity contribution is -0.136. The number of para-hydroxylation sites is 1. The van der Waals surface area contributed by atoms with Crippen LogP contribution in [0.2, 0.25) is 0 Å². The van der Waals surface area contributed by atoms with Crippen LogP contribution in [0.25, 0.3) is 0 Å². The fourth-order valence-electron chi connectivity index (χ4n) is 3.65. The minimum absolute atomic E-state index is 0.0886. The molecule has 0 radical (unpaired) electrons. The Morgan fingerprint density at radius 3 is 2.57 bits per heavy atom. The van der Waals surface area contributed by atoms with Crippen LogP contribution in [-0.2, 0) is 9.59 Å². The maximum atomic E-state index is 12.1. The molecule has 1 saturated heterocycles. The summed E-state index contributed by atoms with van der Waals surface area (Å²) in [4.78, 5) is 26.6. The van der Waals surface area contributed by atoms with Gasteiger partial charge in [-0.25, -0.2) is 0 Å². The summed E-state index contributed by atoms with van der Waals surface area (Å²) >= 11 is 0. The van der Waals surface area contributed by atoms with Gasteiger partial charge in [0.05, 0.1) is 0 Å². The fraction of sp³-hybridized carbons (Fsp3) is 0.556. The molecule has 1 aliphatic carbocycles. The lowest BCUT2D eigenvalue weighted by Crippen LogP contribution is -2.44. The molecule has 5 nitrogen and oxygen atoms in total. The molecule has 3 rings (SSSR count). The van der Waals surface area contributed by atoms with Crippen LogP contribution in [-0.4, -0.2) is 41.9 Å². The summed E-state index contributed by atoms with van der Waals surface area (Å²) in [6.45, 7) is 3.80. The van der Waals surface area contributed by atoms with Crippen molar-refractivity contribution in [3.63, 3.8) is 0 Å². The number of carbonyl (C=O) groups is 2. The maximum absolute atomic E-state index is 12.1. The zero-order valence-corrected chi connectivity index (χ0v) is 13.7. The molecule has 124 valence electrons. The quantitative estimate of drug-likeness (QED) is 0.840. The summed E-state index contributed by atoms with van der Waals surface area (Å²) in [5.74, 6) is -1.12. The molecule has 2 amide bonds. The first-order chi connectivity index (χ1) is 11.1. The van der Waals surface area contributed by atoms with Crippen molar-refractivity contribution >= 4 is 17.5 Å². The Balaban J connectivity index is 1.49. The van der Waals surface area contributed by atoms with E-state index in [0.29, 0.717) is 11.7 Å². The number of nitrogens with one attached hydrogen (secondary N) is 2. The van der Waals surface area contributed by atoms with Crippen molar-refractivity contribution in [2.24, 2.45) is 0 Å². The molecular weight excluding hydrogens is 290 g/mol. The van der Waals surface area contributed by atoms with Crippen LogP contribution in [0.3, 0.4) is 0 Å². The van der Waals surface area contributed by atoms with Gasteiger partial charge in [0.2, 0.25) is 0 Å². The van der Waals surface area contributed by atoms with Crippen LogP contribution >= 0.6 is 0 Å². The Morgan fingerprint density at radius 1 is 1.09 bits per heavy atom. The second-order valence-electron chi connectivity index (χ2n) is 6.66. The molecule has 1 aromatic carbocycles. The number of hydrogen-bond donors (Lipinski definition) is 2. The van der Waals surface area contributed by atoms with Gasteiger partial charge < -0.3 is 10.6 Å². The van der Waals surface area contributed by atoms with Crippen molar-refractivity contribution in [3.05, 3.63) is 29.8 Å². The molecule has 1 saturated carbocycles. The second kappa shape index (κ2) is 7.13. The first-order valence-electron chi connectivity index (χ1n) is 8.55. The molecule has 2 aliphatic rings. The van der Waals surface area contributed by atoms with E-state index < -0.39 is 11.8 Å². The number of rotatable bonds is 3. The van der Waals surface area contributed by atoms with Gasteiger partial charge in [-0.2, -0.15) is 0 Å². The third-order valence-corrected chi connectivity index (χ3v) is 5.00. The maximum Gasteiger partial charge on any atom is 0.313 e. The van der Waals surface area contributed by atoms with Gasteiger partial charge in [0.15, 0.2) is 0 Å². The van der Waals surface area contributed by atoms with E-state index in [9.17, 15) is 9.59 Å². The number of nitrogens with zero attached hydrogens (tertiary/aromatic N) is 1. The molecular formula is C18H25N3O2. The third-order valence-electron chi connectivity index (χ3n) is 5.00. The van der Waals surface area contributed by atoms with Crippen LogP contribution in [0.4, 0.5) is 5.69 Å². The van der Waals surface area contributed by atoms with Crippen LogP contribution in [0, 0.1) is 6.92 Å². The lowest BCUT2D eigenvalue weighted by atomic mass is 10.2. The highest BCUT2D eigenvalue weighted by atomic mass is 16.2. The van der Waals surface area contributed by atoms with Gasteiger partial charge in [-0.1, -0.05) is 31.0 Å². The predicted octanol–water partition coefficient (Wildman–Crippen LogP) is 2.07. The van der Waals surface area contributed by atoms with Crippen molar-refractivity contribution in [2.75, 3.05) is 18.4 Å². The molecule has 0 bridgehead atoms. The van der Waals surface area contributed by atoms with Gasteiger partial charge in [-0.05, 0) is 37.8 Å². The van der Waals surface area contributed by atoms with Crippen molar-refractivity contribution in [1.82, 2.24) is 10.2 Å². The standard InChI is InChI=1S/C18H25N3O2/c1-13-6-2-5-9-16(13)20-18(23)17(22)19-14-10-11-21(12-14)15-7-3-4-8-15/h2,5-6,9,14-15H,3-4,7-8,10-12H2,1H3,(H,19,22)(H,20,23)/t14-/m1/s1. The summed E-state index contributed by atoms with van der Waals surface area (Å²) in [5, 5.41) is 5.56. The summed E-state index contributed by atoms with van der Waals surface area (Å²) in [7, 11) is 0. The van der Waals surface area contributed by atoms with Gasteiger partial charge in [-0.15, -0.1) is 0 Å². The van der Waals surface area contributed by atoms with E-state index in [4.69, 9.17) is 0 Å². The van der Waals surface area contributed by atoms with E-state index in [2.05, 4.69) is 15.5 Å². The number of carbonyl (C=O) groups excluding carboxylic acids is 2. The molecule has 2 N–H and O–H groups in total. The van der Waals surface area contributed by atoms with E-state index in [-0.39, 0.29) is 6.04 Å². The molecule has 5 heteroatoms.